The summed E-state index contributed by atoms with van der Waals surface area (Å²) in [6, 6.07) is 2.19. The summed E-state index contributed by atoms with van der Waals surface area (Å²) < 4.78 is 5.36. The molecule has 5 rings (SSSR count). The van der Waals surface area contributed by atoms with E-state index in [1.165, 1.54) is 6.42 Å². The standard InChI is InChI=1S/C19H26N2O3/c1-19(10-20,15-2-3-15)21-16(22)9-24-18(23)17-13-5-11-4-12(7-13)8-14(17)6-11/h11-15,17H,2-9H2,1H3,(H,21,22)/t11?,12?,13?,14?,17?,19-/m0/s1. The van der Waals surface area contributed by atoms with E-state index in [4.69, 9.17) is 4.74 Å². The van der Waals surface area contributed by atoms with Crippen LogP contribution >= 0.6 is 0 Å². The van der Waals surface area contributed by atoms with Crippen molar-refractivity contribution in [1.29, 1.82) is 5.26 Å². The molecule has 0 radical (unpaired) electrons. The first-order chi connectivity index (χ1) is 11.5. The SMILES string of the molecule is C[C@@](C#N)(NC(=O)COC(=O)C1C2CC3CC(C2)CC1C3)C1CC1. The molecule has 5 fully saturated rings. The molecule has 0 saturated heterocycles. The summed E-state index contributed by atoms with van der Waals surface area (Å²) in [5.74, 6) is 2.24. The molecule has 130 valence electrons. The van der Waals surface area contributed by atoms with Gasteiger partial charge in [0.25, 0.3) is 5.91 Å². The van der Waals surface area contributed by atoms with Crippen molar-refractivity contribution in [2.45, 2.75) is 57.4 Å². The Morgan fingerprint density at radius 2 is 1.71 bits per heavy atom. The summed E-state index contributed by atoms with van der Waals surface area (Å²) >= 11 is 0. The van der Waals surface area contributed by atoms with Gasteiger partial charge in [0, 0.05) is 0 Å². The van der Waals surface area contributed by atoms with E-state index in [0.29, 0.717) is 11.8 Å². The predicted molar refractivity (Wildman–Crippen MR) is 86.4 cm³/mol. The number of amides is 1. The summed E-state index contributed by atoms with van der Waals surface area (Å²) in [5, 5.41) is 12.0. The zero-order valence-corrected chi connectivity index (χ0v) is 14.3. The molecule has 5 aliphatic carbocycles. The smallest absolute Gasteiger partial charge is 0.310 e. The van der Waals surface area contributed by atoms with Crippen LogP contribution in [-0.4, -0.2) is 24.0 Å². The van der Waals surface area contributed by atoms with E-state index in [0.717, 1.165) is 50.4 Å². The van der Waals surface area contributed by atoms with Crippen molar-refractivity contribution < 1.29 is 14.3 Å². The van der Waals surface area contributed by atoms with Crippen molar-refractivity contribution in [2.75, 3.05) is 6.61 Å². The molecular formula is C19H26N2O3. The Labute approximate surface area is 143 Å². The van der Waals surface area contributed by atoms with Gasteiger partial charge in [-0.3, -0.25) is 9.59 Å². The maximum atomic E-state index is 12.6. The molecule has 5 heteroatoms. The predicted octanol–water partition coefficient (Wildman–Crippen LogP) is 2.41. The Morgan fingerprint density at radius 3 is 2.21 bits per heavy atom. The fourth-order valence-electron chi connectivity index (χ4n) is 5.75. The maximum absolute atomic E-state index is 12.6. The van der Waals surface area contributed by atoms with Gasteiger partial charge in [0.05, 0.1) is 12.0 Å². The third-order valence-corrected chi connectivity index (χ3v) is 6.87. The van der Waals surface area contributed by atoms with Gasteiger partial charge < -0.3 is 10.1 Å². The summed E-state index contributed by atoms with van der Waals surface area (Å²) in [5.41, 5.74) is -0.827. The highest BCUT2D eigenvalue weighted by molar-refractivity contribution is 5.82. The highest BCUT2D eigenvalue weighted by Crippen LogP contribution is 2.56. The molecule has 1 amide bonds. The van der Waals surface area contributed by atoms with Crippen LogP contribution in [0.3, 0.4) is 0 Å². The Hall–Kier alpha value is -1.57. The molecule has 0 heterocycles. The van der Waals surface area contributed by atoms with Crippen molar-refractivity contribution in [2.24, 2.45) is 35.5 Å². The number of nitrogens with one attached hydrogen (secondary N) is 1. The second-order valence-electron chi connectivity index (χ2n) is 8.70. The average molecular weight is 330 g/mol. The van der Waals surface area contributed by atoms with Crippen molar-refractivity contribution >= 4 is 11.9 Å². The molecule has 0 aliphatic heterocycles. The highest BCUT2D eigenvalue weighted by Gasteiger charge is 2.51. The summed E-state index contributed by atoms with van der Waals surface area (Å²) in [7, 11) is 0. The van der Waals surface area contributed by atoms with E-state index in [1.807, 2.05) is 0 Å². The Kier molecular flexibility index (Phi) is 3.82. The molecule has 0 spiro atoms. The fourth-order valence-corrected chi connectivity index (χ4v) is 5.75. The molecule has 0 aromatic rings. The lowest BCUT2D eigenvalue weighted by molar-refractivity contribution is -0.165. The van der Waals surface area contributed by atoms with Crippen molar-refractivity contribution in [3.8, 4) is 6.07 Å². The quantitative estimate of drug-likeness (QED) is 0.785. The van der Waals surface area contributed by atoms with E-state index in [9.17, 15) is 14.9 Å². The molecular weight excluding hydrogens is 304 g/mol. The highest BCUT2D eigenvalue weighted by atomic mass is 16.5. The average Bonchev–Trinajstić information content (AvgIpc) is 3.37. The van der Waals surface area contributed by atoms with Gasteiger partial charge in [0.2, 0.25) is 0 Å². The first-order valence-corrected chi connectivity index (χ1v) is 9.37. The van der Waals surface area contributed by atoms with Crippen LogP contribution in [0.1, 0.15) is 51.9 Å². The number of esters is 1. The molecule has 1 atom stereocenters. The van der Waals surface area contributed by atoms with Crippen LogP contribution in [0.15, 0.2) is 0 Å². The summed E-state index contributed by atoms with van der Waals surface area (Å²) in [4.78, 5) is 24.7. The first kappa shape index (κ1) is 15.9. The van der Waals surface area contributed by atoms with Crippen LogP contribution in [-0.2, 0) is 14.3 Å². The minimum Gasteiger partial charge on any atom is -0.455 e. The van der Waals surface area contributed by atoms with E-state index >= 15 is 0 Å². The minimum atomic E-state index is -0.827. The second-order valence-corrected chi connectivity index (χ2v) is 8.70. The number of carbonyl (C=O) groups is 2. The largest absolute Gasteiger partial charge is 0.455 e. The van der Waals surface area contributed by atoms with Gasteiger partial charge in [-0.05, 0) is 81.5 Å². The number of ether oxygens (including phenoxy) is 1. The molecule has 4 bridgehead atoms. The molecule has 0 aromatic heterocycles. The van der Waals surface area contributed by atoms with E-state index in [2.05, 4.69) is 11.4 Å². The lowest BCUT2D eigenvalue weighted by Crippen LogP contribution is -2.50. The lowest BCUT2D eigenvalue weighted by Gasteiger charge is -2.53. The van der Waals surface area contributed by atoms with Crippen molar-refractivity contribution in [3.05, 3.63) is 0 Å². The van der Waals surface area contributed by atoms with E-state index < -0.39 is 5.54 Å². The van der Waals surface area contributed by atoms with Crippen LogP contribution in [0, 0.1) is 46.8 Å². The number of nitrogens with zero attached hydrogens (tertiary/aromatic N) is 1. The van der Waals surface area contributed by atoms with Gasteiger partial charge in [-0.15, -0.1) is 0 Å². The van der Waals surface area contributed by atoms with Crippen LogP contribution in [0.25, 0.3) is 0 Å². The molecule has 0 aromatic carbocycles. The first-order valence-electron chi connectivity index (χ1n) is 9.37. The Balaban J connectivity index is 1.31. The number of rotatable bonds is 5. The third kappa shape index (κ3) is 2.81. The van der Waals surface area contributed by atoms with Gasteiger partial charge in [0.1, 0.15) is 5.54 Å². The van der Waals surface area contributed by atoms with Crippen molar-refractivity contribution in [3.63, 3.8) is 0 Å². The zero-order valence-electron chi connectivity index (χ0n) is 14.3. The normalized spacial score (nSPS) is 38.9. The molecule has 5 saturated carbocycles. The van der Waals surface area contributed by atoms with Crippen LogP contribution in [0.2, 0.25) is 0 Å². The lowest BCUT2D eigenvalue weighted by atomic mass is 9.52. The number of hydrogen-bond acceptors (Lipinski definition) is 4. The Bertz CT molecular complexity index is 564. The fraction of sp³-hybridized carbons (Fsp3) is 0.842. The van der Waals surface area contributed by atoms with Gasteiger partial charge >= 0.3 is 5.97 Å². The monoisotopic (exact) mass is 330 g/mol. The summed E-state index contributed by atoms with van der Waals surface area (Å²) in [6.07, 6.45) is 7.93. The van der Waals surface area contributed by atoms with E-state index in [1.54, 1.807) is 6.92 Å². The van der Waals surface area contributed by atoms with Gasteiger partial charge in [0.15, 0.2) is 6.61 Å². The van der Waals surface area contributed by atoms with Crippen LogP contribution < -0.4 is 5.32 Å². The third-order valence-electron chi connectivity index (χ3n) is 6.87. The van der Waals surface area contributed by atoms with Gasteiger partial charge in [-0.25, -0.2) is 0 Å². The maximum Gasteiger partial charge on any atom is 0.310 e. The zero-order chi connectivity index (χ0) is 16.9. The number of nitriles is 1. The van der Waals surface area contributed by atoms with Crippen molar-refractivity contribution in [1.82, 2.24) is 5.32 Å². The minimum absolute atomic E-state index is 0.00335. The van der Waals surface area contributed by atoms with Crippen LogP contribution in [0.5, 0.6) is 0 Å². The van der Waals surface area contributed by atoms with Gasteiger partial charge in [-0.1, -0.05) is 0 Å². The molecule has 5 aliphatic rings. The van der Waals surface area contributed by atoms with Gasteiger partial charge in [-0.2, -0.15) is 5.26 Å². The molecule has 24 heavy (non-hydrogen) atoms. The molecule has 0 unspecified atom stereocenters. The van der Waals surface area contributed by atoms with E-state index in [-0.39, 0.29) is 30.3 Å². The topological polar surface area (TPSA) is 79.2 Å². The summed E-state index contributed by atoms with van der Waals surface area (Å²) in [6.45, 7) is 1.49. The second kappa shape index (κ2) is 5.75. The molecule has 1 N–H and O–H groups in total. The van der Waals surface area contributed by atoms with Crippen LogP contribution in [0.4, 0.5) is 0 Å². The molecule has 5 nitrogen and oxygen atoms in total. The Morgan fingerprint density at radius 1 is 1.12 bits per heavy atom. The number of hydrogen-bond donors (Lipinski definition) is 1. The number of carbonyl (C=O) groups excluding carboxylic acids is 2.